The summed E-state index contributed by atoms with van der Waals surface area (Å²) < 4.78 is 37.7. The summed E-state index contributed by atoms with van der Waals surface area (Å²) in [6, 6.07) is 0.294. The number of halogens is 4. The molecule has 0 saturated carbocycles. The summed E-state index contributed by atoms with van der Waals surface area (Å²) in [7, 11) is 0. The average molecular weight is 547 g/mol. The van der Waals surface area contributed by atoms with E-state index in [0.717, 1.165) is 36.1 Å². The molecule has 1 amide bonds. The molecule has 2 heterocycles. The summed E-state index contributed by atoms with van der Waals surface area (Å²) in [4.78, 5) is 22.3. The number of piperidine rings is 1. The molecule has 1 fully saturated rings. The Labute approximate surface area is 190 Å². The van der Waals surface area contributed by atoms with Crippen molar-refractivity contribution in [3.63, 3.8) is 0 Å². The number of guanidine groups is 1. The van der Waals surface area contributed by atoms with Crippen LogP contribution in [0.3, 0.4) is 0 Å². The molecule has 1 saturated heterocycles. The summed E-state index contributed by atoms with van der Waals surface area (Å²) in [5, 5.41) is 7.62. The van der Waals surface area contributed by atoms with Crippen molar-refractivity contribution in [2.45, 2.75) is 58.2 Å². The first kappa shape index (κ1) is 25.9. The summed E-state index contributed by atoms with van der Waals surface area (Å²) >= 11 is 0.988. The number of thiazole rings is 1. The Kier molecular flexibility index (Phi) is 11.2. The Morgan fingerprint density at radius 1 is 1.38 bits per heavy atom. The average Bonchev–Trinajstić information content (AvgIpc) is 3.11. The number of alkyl halides is 3. The second kappa shape index (κ2) is 12.6. The van der Waals surface area contributed by atoms with Crippen LogP contribution in [0, 0.1) is 0 Å². The Morgan fingerprint density at radius 2 is 2.14 bits per heavy atom. The molecule has 29 heavy (non-hydrogen) atoms. The number of carbonyl (C=O) groups is 1. The standard InChI is InChI=1S/C18H28F3N5OS.HI/c1-3-22-17(23-9-7-15-25-14(12-28-15)18(19,20)21)24-10-8-16(27)26-11-5-4-6-13(26)2;/h12-13H,3-11H2,1-2H3,(H2,22,23,24);1H. The van der Waals surface area contributed by atoms with Gasteiger partial charge >= 0.3 is 6.18 Å². The van der Waals surface area contributed by atoms with Gasteiger partial charge in [-0.1, -0.05) is 0 Å². The number of likely N-dealkylation sites (tertiary alicyclic amines) is 1. The highest BCUT2D eigenvalue weighted by atomic mass is 127. The highest BCUT2D eigenvalue weighted by Crippen LogP contribution is 2.30. The molecule has 166 valence electrons. The summed E-state index contributed by atoms with van der Waals surface area (Å²) in [5.41, 5.74) is -0.855. The molecule has 1 aromatic rings. The summed E-state index contributed by atoms with van der Waals surface area (Å²) in [6.45, 7) is 6.26. The van der Waals surface area contributed by atoms with Crippen molar-refractivity contribution in [2.24, 2.45) is 4.99 Å². The van der Waals surface area contributed by atoms with Crippen molar-refractivity contribution >= 4 is 47.2 Å². The molecule has 1 aliphatic rings. The van der Waals surface area contributed by atoms with Crippen molar-refractivity contribution in [3.8, 4) is 0 Å². The van der Waals surface area contributed by atoms with Gasteiger partial charge in [-0.15, -0.1) is 35.3 Å². The van der Waals surface area contributed by atoms with E-state index in [0.29, 0.717) is 49.5 Å². The molecule has 0 bridgehead atoms. The third-order valence-electron chi connectivity index (χ3n) is 4.54. The zero-order chi connectivity index (χ0) is 20.6. The fraction of sp³-hybridized carbons (Fsp3) is 0.722. The highest BCUT2D eigenvalue weighted by molar-refractivity contribution is 14.0. The molecule has 2 N–H and O–H groups in total. The maximum absolute atomic E-state index is 12.6. The zero-order valence-electron chi connectivity index (χ0n) is 16.7. The number of aliphatic imine (C=N–C) groups is 1. The van der Waals surface area contributed by atoms with Gasteiger partial charge in [-0.05, 0) is 33.1 Å². The number of carbonyl (C=O) groups excluding carboxylic acids is 1. The number of hydrogen-bond donors (Lipinski definition) is 2. The largest absolute Gasteiger partial charge is 0.434 e. The van der Waals surface area contributed by atoms with E-state index in [2.05, 4.69) is 27.5 Å². The van der Waals surface area contributed by atoms with Gasteiger partial charge in [0.25, 0.3) is 0 Å². The monoisotopic (exact) mass is 547 g/mol. The van der Waals surface area contributed by atoms with Gasteiger partial charge in [-0.3, -0.25) is 9.79 Å². The molecule has 0 aromatic carbocycles. The van der Waals surface area contributed by atoms with E-state index in [1.54, 1.807) is 0 Å². The van der Waals surface area contributed by atoms with E-state index in [1.807, 2.05) is 11.8 Å². The third kappa shape index (κ3) is 8.65. The number of amides is 1. The lowest BCUT2D eigenvalue weighted by molar-refractivity contribution is -0.140. The minimum Gasteiger partial charge on any atom is -0.357 e. The first-order valence-electron chi connectivity index (χ1n) is 9.64. The molecule has 6 nitrogen and oxygen atoms in total. The number of nitrogens with one attached hydrogen (secondary N) is 2. The quantitative estimate of drug-likeness (QED) is 0.311. The van der Waals surface area contributed by atoms with Crippen molar-refractivity contribution in [3.05, 3.63) is 16.1 Å². The van der Waals surface area contributed by atoms with Crippen LogP contribution in [0.4, 0.5) is 13.2 Å². The van der Waals surface area contributed by atoms with Crippen molar-refractivity contribution in [2.75, 3.05) is 26.2 Å². The van der Waals surface area contributed by atoms with Gasteiger partial charge in [0.15, 0.2) is 11.7 Å². The maximum Gasteiger partial charge on any atom is 0.434 e. The van der Waals surface area contributed by atoms with Gasteiger partial charge < -0.3 is 15.5 Å². The first-order chi connectivity index (χ1) is 13.3. The minimum atomic E-state index is -4.41. The Balaban J connectivity index is 0.00000420. The van der Waals surface area contributed by atoms with Crippen molar-refractivity contribution in [1.29, 1.82) is 0 Å². The molecule has 1 aliphatic heterocycles. The smallest absolute Gasteiger partial charge is 0.357 e. The normalized spacial score (nSPS) is 17.6. The van der Waals surface area contributed by atoms with E-state index in [4.69, 9.17) is 0 Å². The topological polar surface area (TPSA) is 69.6 Å². The van der Waals surface area contributed by atoms with Crippen LogP contribution in [-0.2, 0) is 17.4 Å². The fourth-order valence-electron chi connectivity index (χ4n) is 3.06. The van der Waals surface area contributed by atoms with E-state index >= 15 is 0 Å². The van der Waals surface area contributed by atoms with Crippen LogP contribution in [0.2, 0.25) is 0 Å². The lowest BCUT2D eigenvalue weighted by atomic mass is 10.0. The SMILES string of the molecule is CCNC(=NCCc1nc(C(F)(F)F)cs1)NCCC(=O)N1CCCCC1C.I. The van der Waals surface area contributed by atoms with Crippen LogP contribution in [0.15, 0.2) is 10.4 Å². The van der Waals surface area contributed by atoms with Crippen molar-refractivity contribution in [1.82, 2.24) is 20.5 Å². The molecule has 1 atom stereocenters. The van der Waals surface area contributed by atoms with E-state index in [9.17, 15) is 18.0 Å². The molecule has 1 aromatic heterocycles. The molecule has 2 rings (SSSR count). The van der Waals surface area contributed by atoms with E-state index in [1.165, 1.54) is 6.42 Å². The minimum absolute atomic E-state index is 0. The van der Waals surface area contributed by atoms with Gasteiger partial charge in [0.05, 0.1) is 5.01 Å². The molecule has 0 spiro atoms. The lowest BCUT2D eigenvalue weighted by Crippen LogP contribution is -2.44. The van der Waals surface area contributed by atoms with Crippen molar-refractivity contribution < 1.29 is 18.0 Å². The second-order valence-electron chi connectivity index (χ2n) is 6.74. The van der Waals surface area contributed by atoms with Gasteiger partial charge in [0.1, 0.15) is 0 Å². The Hall–Kier alpha value is -1.11. The third-order valence-corrected chi connectivity index (χ3v) is 5.45. The van der Waals surface area contributed by atoms with Crippen LogP contribution >= 0.6 is 35.3 Å². The Bertz CT molecular complexity index is 668. The van der Waals surface area contributed by atoms with Gasteiger partial charge in [0.2, 0.25) is 5.91 Å². The summed E-state index contributed by atoms with van der Waals surface area (Å²) in [5.74, 6) is 0.688. The lowest BCUT2D eigenvalue weighted by Gasteiger charge is -2.33. The van der Waals surface area contributed by atoms with Gasteiger partial charge in [-0.25, -0.2) is 4.98 Å². The Morgan fingerprint density at radius 3 is 2.76 bits per heavy atom. The molecule has 0 radical (unpaired) electrons. The summed E-state index contributed by atoms with van der Waals surface area (Å²) in [6.07, 6.45) is -0.412. The molecule has 1 unspecified atom stereocenters. The van der Waals surface area contributed by atoms with Crippen LogP contribution in [0.1, 0.15) is 50.2 Å². The molecular weight excluding hydrogens is 518 g/mol. The fourth-order valence-corrected chi connectivity index (χ4v) is 3.86. The van der Waals surface area contributed by atoms with Gasteiger partial charge in [0, 0.05) is 50.4 Å². The van der Waals surface area contributed by atoms with Crippen LogP contribution < -0.4 is 10.6 Å². The molecular formula is C18H29F3IN5OS. The van der Waals surface area contributed by atoms with Gasteiger partial charge in [-0.2, -0.15) is 13.2 Å². The van der Waals surface area contributed by atoms with Crippen LogP contribution in [0.5, 0.6) is 0 Å². The number of rotatable bonds is 7. The van der Waals surface area contributed by atoms with E-state index < -0.39 is 11.9 Å². The number of nitrogens with zero attached hydrogens (tertiary/aromatic N) is 3. The predicted molar refractivity (Wildman–Crippen MR) is 120 cm³/mol. The number of aromatic nitrogens is 1. The molecule has 11 heteroatoms. The maximum atomic E-state index is 12.6. The zero-order valence-corrected chi connectivity index (χ0v) is 19.9. The second-order valence-corrected chi connectivity index (χ2v) is 7.69. The van der Waals surface area contributed by atoms with Crippen LogP contribution in [-0.4, -0.2) is 54.0 Å². The number of hydrogen-bond acceptors (Lipinski definition) is 4. The van der Waals surface area contributed by atoms with Crippen LogP contribution in [0.25, 0.3) is 0 Å². The predicted octanol–water partition coefficient (Wildman–Crippen LogP) is 3.67. The van der Waals surface area contributed by atoms with E-state index in [-0.39, 0.29) is 29.9 Å². The highest BCUT2D eigenvalue weighted by Gasteiger charge is 2.33. The molecule has 0 aliphatic carbocycles. The first-order valence-corrected chi connectivity index (χ1v) is 10.5.